The molecule has 4 aliphatic rings. The highest BCUT2D eigenvalue weighted by Crippen LogP contribution is 2.61. The molecule has 5 atom stereocenters. The lowest BCUT2D eigenvalue weighted by molar-refractivity contribution is -0.105. The Morgan fingerprint density at radius 1 is 1.36 bits per heavy atom. The summed E-state index contributed by atoms with van der Waals surface area (Å²) >= 11 is 0. The second kappa shape index (κ2) is 6.01. The number of aromatic hydroxyl groups is 1. The predicted molar refractivity (Wildman–Crippen MR) is 95.6 cm³/mol. The Labute approximate surface area is 148 Å². The summed E-state index contributed by atoms with van der Waals surface area (Å²) in [7, 11) is 0. The van der Waals surface area contributed by atoms with Crippen molar-refractivity contribution in [2.75, 3.05) is 11.9 Å². The molecule has 3 saturated carbocycles. The predicted octanol–water partition coefficient (Wildman–Crippen LogP) is 3.13. The number of nitrogens with one attached hydrogen (secondary N) is 1. The largest absolute Gasteiger partial charge is 0.502 e. The number of hydrogen-bond acceptors (Lipinski definition) is 5. The molecule has 3 aliphatic carbocycles. The van der Waals surface area contributed by atoms with Crippen LogP contribution in [0.25, 0.3) is 0 Å². The summed E-state index contributed by atoms with van der Waals surface area (Å²) in [6.07, 6.45) is 6.38. The Balaban J connectivity index is 1.52. The van der Waals surface area contributed by atoms with E-state index in [-0.39, 0.29) is 18.0 Å². The standard InChI is InChI=1S/C19H29N3O3/c1-11-13-8-12(19(13,2)3)9-14(11)21-15-10-20-22(18(24)17(15)23)16-6-4-5-7-25-16/h10-14,16,21,23H,4-9H2,1-3H3/t11-,12+,13+,14+,16?/m0/s1. The fraction of sp³-hybridized carbons (Fsp3) is 0.789. The van der Waals surface area contributed by atoms with Gasteiger partial charge in [-0.25, -0.2) is 0 Å². The molecule has 2 N–H and O–H groups in total. The molecule has 1 unspecified atom stereocenters. The fourth-order valence-corrected chi connectivity index (χ4v) is 5.22. The third-order valence-corrected chi connectivity index (χ3v) is 7.10. The summed E-state index contributed by atoms with van der Waals surface area (Å²) in [5.41, 5.74) is 0.401. The second-order valence-corrected chi connectivity index (χ2v) is 8.68. The maximum absolute atomic E-state index is 12.5. The first-order valence-corrected chi connectivity index (χ1v) is 9.58. The van der Waals surface area contributed by atoms with E-state index in [2.05, 4.69) is 31.2 Å². The highest BCUT2D eigenvalue weighted by molar-refractivity contribution is 5.53. The lowest BCUT2D eigenvalue weighted by Crippen LogP contribution is -2.58. The molecule has 2 heterocycles. The van der Waals surface area contributed by atoms with Gasteiger partial charge in [-0.1, -0.05) is 20.8 Å². The summed E-state index contributed by atoms with van der Waals surface area (Å²) < 4.78 is 6.90. The first-order valence-electron chi connectivity index (χ1n) is 9.58. The molecule has 1 aromatic rings. The van der Waals surface area contributed by atoms with E-state index in [1.54, 1.807) is 6.20 Å². The number of fused-ring (bicyclic) bond motifs is 2. The van der Waals surface area contributed by atoms with E-state index in [0.29, 0.717) is 29.5 Å². The number of aromatic nitrogens is 2. The minimum absolute atomic E-state index is 0.241. The Morgan fingerprint density at radius 3 is 2.80 bits per heavy atom. The van der Waals surface area contributed by atoms with E-state index in [1.165, 1.54) is 11.1 Å². The van der Waals surface area contributed by atoms with Crippen LogP contribution in [0.4, 0.5) is 5.69 Å². The van der Waals surface area contributed by atoms with Crippen LogP contribution in [0.5, 0.6) is 5.75 Å². The minimum Gasteiger partial charge on any atom is -0.502 e. The van der Waals surface area contributed by atoms with Gasteiger partial charge >= 0.3 is 5.56 Å². The molecular weight excluding hydrogens is 318 g/mol. The Morgan fingerprint density at radius 2 is 2.16 bits per heavy atom. The van der Waals surface area contributed by atoms with Crippen LogP contribution in [-0.4, -0.2) is 27.5 Å². The molecule has 0 aromatic carbocycles. The lowest BCUT2D eigenvalue weighted by atomic mass is 9.45. The van der Waals surface area contributed by atoms with Gasteiger partial charge in [-0.15, -0.1) is 0 Å². The van der Waals surface area contributed by atoms with Crippen molar-refractivity contribution in [2.24, 2.45) is 23.2 Å². The summed E-state index contributed by atoms with van der Waals surface area (Å²) in [5.74, 6) is 1.70. The SMILES string of the molecule is C[C@H]1[C@H]2C[C@H](C[C@H]1Nc1cnn(C3CCCCO3)c(=O)c1O)C2(C)C. The van der Waals surface area contributed by atoms with E-state index >= 15 is 0 Å². The maximum atomic E-state index is 12.5. The molecule has 1 aromatic heterocycles. The van der Waals surface area contributed by atoms with E-state index in [9.17, 15) is 9.90 Å². The molecule has 0 radical (unpaired) electrons. The van der Waals surface area contributed by atoms with Crippen LogP contribution in [0.1, 0.15) is 59.1 Å². The van der Waals surface area contributed by atoms with Crippen LogP contribution in [0.15, 0.2) is 11.0 Å². The zero-order valence-corrected chi connectivity index (χ0v) is 15.4. The Hall–Kier alpha value is -1.56. The summed E-state index contributed by atoms with van der Waals surface area (Å²) in [6, 6.07) is 0.283. The van der Waals surface area contributed by atoms with Crippen molar-refractivity contribution >= 4 is 5.69 Å². The van der Waals surface area contributed by atoms with Crippen molar-refractivity contribution in [1.29, 1.82) is 0 Å². The highest BCUT2D eigenvalue weighted by Gasteiger charge is 2.56. The lowest BCUT2D eigenvalue weighted by Gasteiger charge is -2.62. The van der Waals surface area contributed by atoms with Gasteiger partial charge in [0.15, 0.2) is 6.23 Å². The number of hydrogen-bond donors (Lipinski definition) is 2. The van der Waals surface area contributed by atoms with Gasteiger partial charge in [0.2, 0.25) is 5.75 Å². The minimum atomic E-state index is -0.467. The second-order valence-electron chi connectivity index (χ2n) is 8.68. The van der Waals surface area contributed by atoms with Crippen LogP contribution in [0.3, 0.4) is 0 Å². The van der Waals surface area contributed by atoms with Gasteiger partial charge in [0.05, 0.1) is 6.20 Å². The van der Waals surface area contributed by atoms with Gasteiger partial charge < -0.3 is 15.2 Å². The van der Waals surface area contributed by atoms with Gasteiger partial charge in [-0.2, -0.15) is 9.78 Å². The first-order chi connectivity index (χ1) is 11.9. The summed E-state index contributed by atoms with van der Waals surface area (Å²) in [5, 5.41) is 18.1. The van der Waals surface area contributed by atoms with Gasteiger partial charge in [0, 0.05) is 12.6 Å². The molecule has 138 valence electrons. The number of anilines is 1. The normalized spacial score (nSPS) is 36.5. The average Bonchev–Trinajstić information content (AvgIpc) is 2.61. The number of nitrogens with zero attached hydrogens (tertiary/aromatic N) is 2. The maximum Gasteiger partial charge on any atom is 0.313 e. The van der Waals surface area contributed by atoms with Gasteiger partial charge in [0.25, 0.3) is 0 Å². The average molecular weight is 347 g/mol. The fourth-order valence-electron chi connectivity index (χ4n) is 5.22. The molecule has 1 saturated heterocycles. The third kappa shape index (κ3) is 2.65. The smallest absolute Gasteiger partial charge is 0.313 e. The molecule has 4 fully saturated rings. The molecule has 1 aliphatic heterocycles. The summed E-state index contributed by atoms with van der Waals surface area (Å²) in [4.78, 5) is 12.5. The van der Waals surface area contributed by atoms with Crippen molar-refractivity contribution in [3.63, 3.8) is 0 Å². The Bertz CT molecular complexity index is 708. The number of ether oxygens (including phenoxy) is 1. The molecule has 6 heteroatoms. The molecule has 5 rings (SSSR count). The monoisotopic (exact) mass is 347 g/mol. The van der Waals surface area contributed by atoms with Crippen LogP contribution in [0, 0.1) is 23.2 Å². The molecule has 2 bridgehead atoms. The van der Waals surface area contributed by atoms with Crippen molar-refractivity contribution in [2.45, 2.75) is 65.1 Å². The van der Waals surface area contributed by atoms with Crippen LogP contribution < -0.4 is 10.9 Å². The van der Waals surface area contributed by atoms with Crippen molar-refractivity contribution < 1.29 is 9.84 Å². The van der Waals surface area contributed by atoms with Crippen LogP contribution >= 0.6 is 0 Å². The molecule has 25 heavy (non-hydrogen) atoms. The number of rotatable bonds is 3. The first kappa shape index (κ1) is 16.9. The third-order valence-electron chi connectivity index (χ3n) is 7.10. The molecule has 0 spiro atoms. The molecule has 6 nitrogen and oxygen atoms in total. The van der Waals surface area contributed by atoms with Crippen molar-refractivity contribution in [3.8, 4) is 5.75 Å². The van der Waals surface area contributed by atoms with E-state index in [0.717, 1.165) is 31.6 Å². The quantitative estimate of drug-likeness (QED) is 0.878. The Kier molecular flexibility index (Phi) is 4.06. The molecule has 0 amide bonds. The van der Waals surface area contributed by atoms with Crippen LogP contribution in [-0.2, 0) is 4.74 Å². The zero-order chi connectivity index (χ0) is 17.8. The van der Waals surface area contributed by atoms with Crippen molar-refractivity contribution in [3.05, 3.63) is 16.6 Å². The zero-order valence-electron chi connectivity index (χ0n) is 15.4. The highest BCUT2D eigenvalue weighted by atomic mass is 16.5. The molecular formula is C19H29N3O3. The van der Waals surface area contributed by atoms with E-state index in [4.69, 9.17) is 4.74 Å². The van der Waals surface area contributed by atoms with Gasteiger partial charge in [-0.05, 0) is 55.3 Å². The summed E-state index contributed by atoms with van der Waals surface area (Å²) in [6.45, 7) is 7.64. The van der Waals surface area contributed by atoms with Gasteiger partial charge in [0.1, 0.15) is 5.69 Å². The van der Waals surface area contributed by atoms with E-state index < -0.39 is 5.56 Å². The topological polar surface area (TPSA) is 76.4 Å². The van der Waals surface area contributed by atoms with Crippen molar-refractivity contribution in [1.82, 2.24) is 9.78 Å². The van der Waals surface area contributed by atoms with E-state index in [1.807, 2.05) is 0 Å². The van der Waals surface area contributed by atoms with Gasteiger partial charge in [-0.3, -0.25) is 4.79 Å². The van der Waals surface area contributed by atoms with Crippen LogP contribution in [0.2, 0.25) is 0 Å².